The summed E-state index contributed by atoms with van der Waals surface area (Å²) in [5.41, 5.74) is -1.16. The molecule has 1 atom stereocenters. The van der Waals surface area contributed by atoms with Crippen molar-refractivity contribution in [1.29, 1.82) is 0 Å². The molecule has 0 aliphatic carbocycles. The van der Waals surface area contributed by atoms with Gasteiger partial charge in [-0.25, -0.2) is 0 Å². The molecule has 1 amide bonds. The Morgan fingerprint density at radius 1 is 1.00 bits per heavy atom. The van der Waals surface area contributed by atoms with E-state index in [0.717, 1.165) is 0 Å². The highest BCUT2D eigenvalue weighted by Gasteiger charge is 2.35. The number of Topliss-reactive ketones (excluding diaryl/α,β-unsaturated/α-hetero) is 1. The highest BCUT2D eigenvalue weighted by Crippen LogP contribution is 2.22. The van der Waals surface area contributed by atoms with Crippen LogP contribution in [-0.4, -0.2) is 41.3 Å². The van der Waals surface area contributed by atoms with Crippen molar-refractivity contribution in [1.82, 2.24) is 10.2 Å². The molecule has 4 heteroatoms. The van der Waals surface area contributed by atoms with Crippen LogP contribution >= 0.6 is 0 Å². The molecule has 0 fully saturated rings. The van der Waals surface area contributed by atoms with E-state index in [1.165, 1.54) is 0 Å². The van der Waals surface area contributed by atoms with Crippen LogP contribution in [0.3, 0.4) is 0 Å². The van der Waals surface area contributed by atoms with Gasteiger partial charge in [-0.05, 0) is 20.8 Å². The molecule has 0 aliphatic heterocycles. The zero-order chi connectivity index (χ0) is 18.6. The van der Waals surface area contributed by atoms with Gasteiger partial charge in [-0.15, -0.1) is 6.58 Å². The van der Waals surface area contributed by atoms with Crippen molar-refractivity contribution in [2.24, 2.45) is 10.8 Å². The Balaban J connectivity index is 5.49. The maximum absolute atomic E-state index is 12.8. The molecule has 0 aliphatic rings. The van der Waals surface area contributed by atoms with Crippen molar-refractivity contribution >= 4 is 11.7 Å². The van der Waals surface area contributed by atoms with E-state index in [4.69, 9.17) is 0 Å². The zero-order valence-corrected chi connectivity index (χ0v) is 16.5. The SMILES string of the molecule is C=CCN(C[C@H](NC(C)(C)C)C(=O)C(C)(C)C)C(=O)C(C)(C)C. The van der Waals surface area contributed by atoms with Gasteiger partial charge >= 0.3 is 0 Å². The standard InChI is InChI=1S/C19H36N2O2/c1-11-12-21(16(23)18(5,6)7)13-14(20-19(8,9)10)15(22)17(2,3)4/h11,14,20H,1,12-13H2,2-10H3/t14-/m0/s1. The molecular formula is C19H36N2O2. The number of rotatable bonds is 6. The van der Waals surface area contributed by atoms with E-state index in [1.54, 1.807) is 11.0 Å². The lowest BCUT2D eigenvalue weighted by atomic mass is 9.85. The number of amides is 1. The van der Waals surface area contributed by atoms with Crippen LogP contribution in [0.1, 0.15) is 62.3 Å². The lowest BCUT2D eigenvalue weighted by molar-refractivity contribution is -0.140. The molecule has 0 saturated carbocycles. The Bertz CT molecular complexity index is 434. The van der Waals surface area contributed by atoms with Crippen LogP contribution in [0.5, 0.6) is 0 Å². The van der Waals surface area contributed by atoms with Crippen molar-refractivity contribution in [2.75, 3.05) is 13.1 Å². The van der Waals surface area contributed by atoms with Crippen LogP contribution in [-0.2, 0) is 9.59 Å². The normalized spacial score (nSPS) is 14.3. The van der Waals surface area contributed by atoms with E-state index in [1.807, 2.05) is 62.3 Å². The Kier molecular flexibility index (Phi) is 7.22. The first-order valence-corrected chi connectivity index (χ1v) is 8.32. The lowest BCUT2D eigenvalue weighted by Crippen LogP contribution is -2.57. The zero-order valence-electron chi connectivity index (χ0n) is 16.5. The van der Waals surface area contributed by atoms with Crippen molar-refractivity contribution in [3.05, 3.63) is 12.7 Å². The minimum atomic E-state index is -0.486. The van der Waals surface area contributed by atoms with E-state index in [9.17, 15) is 9.59 Å². The third-order valence-electron chi connectivity index (χ3n) is 3.34. The van der Waals surface area contributed by atoms with Crippen molar-refractivity contribution in [2.45, 2.75) is 73.9 Å². The van der Waals surface area contributed by atoms with Crippen LogP contribution in [0.4, 0.5) is 0 Å². The third kappa shape index (κ3) is 7.78. The maximum Gasteiger partial charge on any atom is 0.228 e. The number of hydrogen-bond acceptors (Lipinski definition) is 3. The highest BCUT2D eigenvalue weighted by molar-refractivity contribution is 5.90. The molecule has 134 valence electrons. The molecule has 0 unspecified atom stereocenters. The van der Waals surface area contributed by atoms with Gasteiger partial charge in [0.1, 0.15) is 0 Å². The summed E-state index contributed by atoms with van der Waals surface area (Å²) in [7, 11) is 0. The number of nitrogens with one attached hydrogen (secondary N) is 1. The smallest absolute Gasteiger partial charge is 0.228 e. The minimum Gasteiger partial charge on any atom is -0.337 e. The average Bonchev–Trinajstić information content (AvgIpc) is 2.31. The molecule has 0 aromatic rings. The number of carbonyl (C=O) groups excluding carboxylic acids is 2. The monoisotopic (exact) mass is 324 g/mol. The van der Waals surface area contributed by atoms with Gasteiger partial charge in [0.2, 0.25) is 5.91 Å². The fourth-order valence-electron chi connectivity index (χ4n) is 2.33. The largest absolute Gasteiger partial charge is 0.337 e. The molecule has 0 rings (SSSR count). The van der Waals surface area contributed by atoms with E-state index < -0.39 is 16.9 Å². The molecule has 1 N–H and O–H groups in total. The fraction of sp³-hybridized carbons (Fsp3) is 0.789. The first kappa shape index (κ1) is 21.8. The third-order valence-corrected chi connectivity index (χ3v) is 3.34. The number of hydrogen-bond donors (Lipinski definition) is 1. The summed E-state index contributed by atoms with van der Waals surface area (Å²) in [6.07, 6.45) is 1.71. The summed E-state index contributed by atoms with van der Waals surface area (Å²) < 4.78 is 0. The summed E-state index contributed by atoms with van der Waals surface area (Å²) in [4.78, 5) is 27.2. The van der Waals surface area contributed by atoms with Crippen LogP contribution in [0.25, 0.3) is 0 Å². The predicted molar refractivity (Wildman–Crippen MR) is 97.4 cm³/mol. The topological polar surface area (TPSA) is 49.4 Å². The molecule has 0 spiro atoms. The summed E-state index contributed by atoms with van der Waals surface area (Å²) >= 11 is 0. The van der Waals surface area contributed by atoms with E-state index in [-0.39, 0.29) is 17.2 Å². The van der Waals surface area contributed by atoms with E-state index >= 15 is 0 Å². The van der Waals surface area contributed by atoms with Crippen LogP contribution in [0.15, 0.2) is 12.7 Å². The van der Waals surface area contributed by atoms with Crippen LogP contribution < -0.4 is 5.32 Å². The first-order chi connectivity index (χ1) is 10.1. The number of ketones is 1. The second kappa shape index (κ2) is 7.61. The Labute approximate surface area is 142 Å². The van der Waals surface area contributed by atoms with Crippen LogP contribution in [0, 0.1) is 10.8 Å². The first-order valence-electron chi connectivity index (χ1n) is 8.32. The van der Waals surface area contributed by atoms with Gasteiger partial charge in [0.25, 0.3) is 0 Å². The molecular weight excluding hydrogens is 288 g/mol. The maximum atomic E-state index is 12.8. The summed E-state index contributed by atoms with van der Waals surface area (Å²) in [6.45, 7) is 22.0. The van der Waals surface area contributed by atoms with Gasteiger partial charge < -0.3 is 10.2 Å². The lowest BCUT2D eigenvalue weighted by Gasteiger charge is -2.36. The predicted octanol–water partition coefficient (Wildman–Crippen LogP) is 3.42. The van der Waals surface area contributed by atoms with Gasteiger partial charge in [0.05, 0.1) is 6.04 Å². The summed E-state index contributed by atoms with van der Waals surface area (Å²) in [5.74, 6) is 0.142. The van der Waals surface area contributed by atoms with Gasteiger partial charge in [-0.1, -0.05) is 47.6 Å². The Hall–Kier alpha value is -1.16. The van der Waals surface area contributed by atoms with Gasteiger partial charge in [-0.3, -0.25) is 9.59 Å². The summed E-state index contributed by atoms with van der Waals surface area (Å²) in [5, 5.41) is 3.38. The molecule has 0 aromatic heterocycles. The molecule has 0 saturated heterocycles. The quantitative estimate of drug-likeness (QED) is 0.762. The highest BCUT2D eigenvalue weighted by atomic mass is 16.2. The van der Waals surface area contributed by atoms with Crippen molar-refractivity contribution in [3.8, 4) is 0 Å². The molecule has 23 heavy (non-hydrogen) atoms. The average molecular weight is 325 g/mol. The van der Waals surface area contributed by atoms with E-state index in [0.29, 0.717) is 13.1 Å². The Morgan fingerprint density at radius 3 is 1.78 bits per heavy atom. The van der Waals surface area contributed by atoms with Gasteiger partial charge in [-0.2, -0.15) is 0 Å². The Morgan fingerprint density at radius 2 is 1.48 bits per heavy atom. The minimum absolute atomic E-state index is 0.0276. The molecule has 0 heterocycles. The molecule has 0 radical (unpaired) electrons. The van der Waals surface area contributed by atoms with Crippen molar-refractivity contribution < 1.29 is 9.59 Å². The van der Waals surface area contributed by atoms with Crippen molar-refractivity contribution in [3.63, 3.8) is 0 Å². The number of nitrogens with zero attached hydrogens (tertiary/aromatic N) is 1. The second-order valence-corrected chi connectivity index (χ2v) is 9.31. The van der Waals surface area contributed by atoms with Gasteiger partial charge in [0, 0.05) is 29.5 Å². The molecule has 4 nitrogen and oxygen atoms in total. The molecule has 0 bridgehead atoms. The molecule has 0 aromatic carbocycles. The van der Waals surface area contributed by atoms with Crippen LogP contribution in [0.2, 0.25) is 0 Å². The van der Waals surface area contributed by atoms with Gasteiger partial charge in [0.15, 0.2) is 5.78 Å². The number of carbonyl (C=O) groups is 2. The summed E-state index contributed by atoms with van der Waals surface area (Å²) in [6, 6.07) is -0.402. The second-order valence-electron chi connectivity index (χ2n) is 9.31. The van der Waals surface area contributed by atoms with E-state index in [2.05, 4.69) is 11.9 Å². The fourth-order valence-corrected chi connectivity index (χ4v) is 2.33.